The number of nitrogens with one attached hydrogen (secondary N) is 1. The van der Waals surface area contributed by atoms with Gasteiger partial charge in [0.15, 0.2) is 5.88 Å². The molecule has 2 amide bonds. The van der Waals surface area contributed by atoms with Crippen LogP contribution in [0.1, 0.15) is 86.6 Å². The number of methoxy groups -OCH3 is 1. The minimum Gasteiger partial charge on any atom is -0.482 e. The molecule has 4 fully saturated rings. The number of ether oxygens (including phenoxy) is 1. The summed E-state index contributed by atoms with van der Waals surface area (Å²) in [6.45, 7) is 6.94. The molecule has 0 spiro atoms. The molecule has 10 heteroatoms. The molecule has 44 heavy (non-hydrogen) atoms. The van der Waals surface area contributed by atoms with Crippen molar-refractivity contribution < 1.29 is 14.3 Å². The highest BCUT2D eigenvalue weighted by Gasteiger charge is 2.47. The number of amides is 2. The summed E-state index contributed by atoms with van der Waals surface area (Å²) >= 11 is 0. The van der Waals surface area contributed by atoms with Crippen LogP contribution in [0.15, 0.2) is 30.3 Å². The fraction of sp³-hybridized carbons (Fsp3) is 0.529. The number of hydrogen-bond donors (Lipinski definition) is 2. The maximum atomic E-state index is 13.8. The van der Waals surface area contributed by atoms with E-state index in [2.05, 4.69) is 22.0 Å². The van der Waals surface area contributed by atoms with Crippen molar-refractivity contribution in [2.45, 2.75) is 96.4 Å². The molecule has 3 N–H and O–H groups in total. The van der Waals surface area contributed by atoms with Crippen LogP contribution in [0.2, 0.25) is 0 Å². The lowest BCUT2D eigenvalue weighted by molar-refractivity contribution is -0.126. The first-order valence-corrected chi connectivity index (χ1v) is 16.1. The van der Waals surface area contributed by atoms with E-state index in [1.165, 1.54) is 12.8 Å². The number of nitrogens with two attached hydrogens (primary N) is 1. The fourth-order valence-electron chi connectivity index (χ4n) is 7.48. The molecule has 0 aromatic carbocycles. The summed E-state index contributed by atoms with van der Waals surface area (Å²) in [5, 5.41) is 4.22. The fourth-order valence-corrected chi connectivity index (χ4v) is 7.48. The predicted octanol–water partition coefficient (Wildman–Crippen LogP) is 4.76. The Balaban J connectivity index is 1.19. The van der Waals surface area contributed by atoms with Crippen molar-refractivity contribution >= 4 is 28.5 Å². The van der Waals surface area contributed by atoms with Gasteiger partial charge in [-0.2, -0.15) is 0 Å². The van der Waals surface area contributed by atoms with Gasteiger partial charge in [0, 0.05) is 47.1 Å². The first-order chi connectivity index (χ1) is 21.1. The molecular weight excluding hydrogens is 554 g/mol. The van der Waals surface area contributed by atoms with Gasteiger partial charge in [-0.3, -0.25) is 14.0 Å². The molecule has 0 unspecified atom stereocenters. The third-order valence-electron chi connectivity index (χ3n) is 10.7. The van der Waals surface area contributed by atoms with Crippen LogP contribution in [0.25, 0.3) is 28.1 Å². The minimum absolute atomic E-state index is 0.00456. The molecule has 2 bridgehead atoms. The summed E-state index contributed by atoms with van der Waals surface area (Å²) in [6.07, 6.45) is 7.15. The Morgan fingerprint density at radius 2 is 1.93 bits per heavy atom. The topological polar surface area (TPSA) is 120 Å². The van der Waals surface area contributed by atoms with Crippen molar-refractivity contribution in [1.29, 1.82) is 0 Å². The normalized spacial score (nSPS) is 24.3. The van der Waals surface area contributed by atoms with Crippen molar-refractivity contribution in [2.24, 2.45) is 17.1 Å². The van der Waals surface area contributed by atoms with Crippen LogP contribution in [0.4, 0.5) is 0 Å². The monoisotopic (exact) mass is 595 g/mol. The van der Waals surface area contributed by atoms with Crippen LogP contribution in [0.5, 0.6) is 5.88 Å². The van der Waals surface area contributed by atoms with E-state index in [0.29, 0.717) is 23.0 Å². The van der Waals surface area contributed by atoms with Gasteiger partial charge in [-0.15, -0.1) is 0 Å². The van der Waals surface area contributed by atoms with Gasteiger partial charge >= 0.3 is 0 Å². The molecule has 230 valence electrons. The second-order valence-electron chi connectivity index (χ2n) is 13.9. The van der Waals surface area contributed by atoms with E-state index in [9.17, 15) is 9.59 Å². The zero-order valence-electron chi connectivity index (χ0n) is 26.0. The van der Waals surface area contributed by atoms with E-state index in [0.717, 1.165) is 72.5 Å². The zero-order valence-corrected chi connectivity index (χ0v) is 26.0. The Kier molecular flexibility index (Phi) is 6.14. The third kappa shape index (κ3) is 4.32. The maximum Gasteiger partial charge on any atom is 0.254 e. The number of carbonyl (C=O) groups is 2. The predicted molar refractivity (Wildman–Crippen MR) is 167 cm³/mol. The molecule has 0 radical (unpaired) electrons. The van der Waals surface area contributed by atoms with Crippen LogP contribution in [0, 0.1) is 18.3 Å². The number of pyridine rings is 2. The average molecular weight is 596 g/mol. The van der Waals surface area contributed by atoms with Crippen LogP contribution in [-0.2, 0) is 11.3 Å². The number of imidazole rings is 1. The number of nitrogens with zero attached hydrogens (tertiary/aromatic N) is 5. The van der Waals surface area contributed by atoms with Gasteiger partial charge in [0.05, 0.1) is 30.2 Å². The van der Waals surface area contributed by atoms with Crippen molar-refractivity contribution in [3.63, 3.8) is 0 Å². The van der Waals surface area contributed by atoms with Crippen molar-refractivity contribution in [3.05, 3.63) is 47.3 Å². The number of fused-ring (bicyclic) bond motifs is 4. The van der Waals surface area contributed by atoms with E-state index < -0.39 is 0 Å². The van der Waals surface area contributed by atoms with Gasteiger partial charge in [0.25, 0.3) is 5.91 Å². The van der Waals surface area contributed by atoms with E-state index in [4.69, 9.17) is 20.4 Å². The minimum atomic E-state index is -0.231. The van der Waals surface area contributed by atoms with Gasteiger partial charge in [-0.25, -0.2) is 9.97 Å². The Morgan fingerprint density at radius 1 is 1.14 bits per heavy atom. The van der Waals surface area contributed by atoms with Crippen LogP contribution < -0.4 is 15.8 Å². The van der Waals surface area contributed by atoms with Gasteiger partial charge in [-0.05, 0) is 89.0 Å². The number of aromatic nitrogens is 4. The molecule has 2 saturated heterocycles. The molecule has 10 nitrogen and oxygen atoms in total. The Hall–Kier alpha value is -3.92. The zero-order chi connectivity index (χ0) is 30.5. The summed E-state index contributed by atoms with van der Waals surface area (Å²) in [6, 6.07) is 10.2. The first-order valence-electron chi connectivity index (χ1n) is 16.1. The van der Waals surface area contributed by atoms with Crippen molar-refractivity contribution in [3.8, 4) is 17.3 Å². The average Bonchev–Trinajstić information content (AvgIpc) is 3.84. The molecule has 6 heterocycles. The lowest BCUT2D eigenvalue weighted by Crippen LogP contribution is -2.40. The largest absolute Gasteiger partial charge is 0.482 e. The van der Waals surface area contributed by atoms with E-state index in [1.807, 2.05) is 48.3 Å². The molecule has 4 aromatic rings. The van der Waals surface area contributed by atoms with E-state index >= 15 is 0 Å². The molecule has 2 aliphatic carbocycles. The standard InChI is InChI=1S/C34H41N7O3/c1-18(36-33(43)34(3)11-12-34)25-9-7-21-13-27(39(31(21)37-25)17-20-5-6-20)30-19(2)40-28(38-30)14-22(15-29(40)44-4)32(42)41-23-8-10-26(41)24(35)16-23/h7,9,13-15,18,20,23-24,26H,5-6,8,10-12,16-17,35H2,1-4H3,(H,36,43)/t18-,23+,24-,26-/m1/s1. The number of aryl methyl sites for hydroxylation is 1. The second-order valence-corrected chi connectivity index (χ2v) is 13.9. The van der Waals surface area contributed by atoms with Crippen molar-refractivity contribution in [2.75, 3.05) is 7.11 Å². The lowest BCUT2D eigenvalue weighted by Gasteiger charge is -2.23. The number of rotatable bonds is 8. The Labute approximate surface area is 257 Å². The quantitative estimate of drug-likeness (QED) is 0.303. The number of hydrogen-bond acceptors (Lipinski definition) is 6. The summed E-state index contributed by atoms with van der Waals surface area (Å²) < 4.78 is 10.1. The molecule has 4 atom stereocenters. The van der Waals surface area contributed by atoms with Gasteiger partial charge in [0.1, 0.15) is 17.0 Å². The molecular formula is C34H41N7O3. The summed E-state index contributed by atoms with van der Waals surface area (Å²) in [7, 11) is 1.64. The number of carbonyl (C=O) groups excluding carboxylic acids is 2. The van der Waals surface area contributed by atoms with E-state index in [1.54, 1.807) is 7.11 Å². The first kappa shape index (κ1) is 27.6. The smallest absolute Gasteiger partial charge is 0.254 e. The second kappa shape index (κ2) is 9.79. The van der Waals surface area contributed by atoms with Crippen LogP contribution in [0.3, 0.4) is 0 Å². The van der Waals surface area contributed by atoms with Crippen LogP contribution in [-0.4, -0.2) is 60.9 Å². The molecule has 2 aliphatic heterocycles. The lowest BCUT2D eigenvalue weighted by atomic mass is 9.97. The third-order valence-corrected chi connectivity index (χ3v) is 10.7. The Morgan fingerprint density at radius 3 is 2.59 bits per heavy atom. The summed E-state index contributed by atoms with van der Waals surface area (Å²) in [5.74, 6) is 1.30. The van der Waals surface area contributed by atoms with Crippen LogP contribution >= 0.6 is 0 Å². The molecule has 4 aromatic heterocycles. The molecule has 4 aliphatic rings. The highest BCUT2D eigenvalue weighted by Crippen LogP contribution is 2.45. The Bertz CT molecular complexity index is 1830. The van der Waals surface area contributed by atoms with Gasteiger partial charge < -0.3 is 25.3 Å². The van der Waals surface area contributed by atoms with Gasteiger partial charge in [0.2, 0.25) is 5.91 Å². The molecule has 2 saturated carbocycles. The van der Waals surface area contributed by atoms with E-state index in [-0.39, 0.29) is 41.4 Å². The van der Waals surface area contributed by atoms with Gasteiger partial charge in [-0.1, -0.05) is 6.92 Å². The maximum absolute atomic E-state index is 13.8. The highest BCUT2D eigenvalue weighted by molar-refractivity contribution is 5.97. The summed E-state index contributed by atoms with van der Waals surface area (Å²) in [5.41, 5.74) is 11.9. The van der Waals surface area contributed by atoms with Crippen molar-refractivity contribution in [1.82, 2.24) is 29.2 Å². The summed E-state index contributed by atoms with van der Waals surface area (Å²) in [4.78, 5) is 38.8. The molecule has 8 rings (SSSR count). The SMILES string of the molecule is COc1cc(C(=O)N2[C@H]3CC[C@@H]2[C@H](N)C3)cc2nc(-c3cc4ccc([C@@H](C)NC(=O)C5(C)CC5)nc4n3CC3CC3)c(C)n12. The highest BCUT2D eigenvalue weighted by atomic mass is 16.5.